The number of thioether (sulfide) groups is 1. The Labute approximate surface area is 167 Å². The molecule has 28 heavy (non-hydrogen) atoms. The lowest BCUT2D eigenvalue weighted by atomic mass is 10.2. The number of carbonyl (C=O) groups excluding carboxylic acids is 1. The molecule has 0 atom stereocenters. The number of hydrogen-bond donors (Lipinski definition) is 1. The summed E-state index contributed by atoms with van der Waals surface area (Å²) in [6.45, 7) is 3.98. The van der Waals surface area contributed by atoms with Gasteiger partial charge in [-0.3, -0.25) is 9.20 Å². The molecule has 1 aliphatic carbocycles. The van der Waals surface area contributed by atoms with Crippen LogP contribution in [0.15, 0.2) is 29.6 Å². The van der Waals surface area contributed by atoms with Gasteiger partial charge in [-0.05, 0) is 44.4 Å². The summed E-state index contributed by atoms with van der Waals surface area (Å²) >= 11 is 1.33. The highest BCUT2D eigenvalue weighted by Gasteiger charge is 2.26. The quantitative estimate of drug-likeness (QED) is 0.664. The molecule has 4 rings (SSSR count). The summed E-state index contributed by atoms with van der Waals surface area (Å²) in [6.07, 6.45) is 6.42. The topological polar surface area (TPSA) is 88.0 Å². The fraction of sp³-hybridized carbons (Fsp3) is 0.400. The summed E-state index contributed by atoms with van der Waals surface area (Å²) in [5, 5.41) is 21.6. The number of aromatic nitrogens is 4. The summed E-state index contributed by atoms with van der Waals surface area (Å²) in [7, 11) is 0. The molecule has 1 aliphatic rings. The number of nitrogens with zero attached hydrogens (tertiary/aromatic N) is 5. The lowest BCUT2D eigenvalue weighted by Crippen LogP contribution is -2.20. The standard InChI is InChI=1S/C20H22N6OS/c1-13-14(2)26(15-7-3-4-8-15)19(16(13)11-21)22-18(27)12-28-20-24-23-17-9-5-6-10-25(17)20/h5-6,9-10,15H,3-4,7-8,12H2,1-2H3,(H,22,27). The van der Waals surface area contributed by atoms with E-state index in [1.54, 1.807) is 0 Å². The van der Waals surface area contributed by atoms with Crippen molar-refractivity contribution < 1.29 is 4.79 Å². The van der Waals surface area contributed by atoms with Crippen LogP contribution in [0.2, 0.25) is 0 Å². The first-order chi connectivity index (χ1) is 13.6. The zero-order chi connectivity index (χ0) is 19.7. The van der Waals surface area contributed by atoms with Crippen LogP contribution in [0, 0.1) is 25.2 Å². The van der Waals surface area contributed by atoms with E-state index in [1.807, 2.05) is 42.6 Å². The smallest absolute Gasteiger partial charge is 0.235 e. The van der Waals surface area contributed by atoms with Crippen LogP contribution in [0.5, 0.6) is 0 Å². The van der Waals surface area contributed by atoms with Gasteiger partial charge < -0.3 is 9.88 Å². The maximum Gasteiger partial charge on any atom is 0.235 e. The third-order valence-corrected chi connectivity index (χ3v) is 6.37. The second kappa shape index (κ2) is 7.68. The maximum absolute atomic E-state index is 12.7. The predicted molar refractivity (Wildman–Crippen MR) is 108 cm³/mol. The van der Waals surface area contributed by atoms with Gasteiger partial charge in [-0.15, -0.1) is 10.2 Å². The van der Waals surface area contributed by atoms with E-state index in [-0.39, 0.29) is 11.7 Å². The van der Waals surface area contributed by atoms with Crippen molar-refractivity contribution in [3.05, 3.63) is 41.2 Å². The number of hydrogen-bond acceptors (Lipinski definition) is 5. The van der Waals surface area contributed by atoms with Crippen LogP contribution >= 0.6 is 11.8 Å². The third kappa shape index (κ3) is 3.27. The van der Waals surface area contributed by atoms with E-state index in [1.165, 1.54) is 24.6 Å². The molecule has 0 bridgehead atoms. The molecule has 1 saturated carbocycles. The molecule has 3 heterocycles. The van der Waals surface area contributed by atoms with E-state index >= 15 is 0 Å². The molecule has 1 N–H and O–H groups in total. The van der Waals surface area contributed by atoms with E-state index in [2.05, 4.69) is 26.2 Å². The number of rotatable bonds is 5. The Morgan fingerprint density at radius 2 is 2.11 bits per heavy atom. The minimum Gasteiger partial charge on any atom is -0.327 e. The Kier molecular flexibility index (Phi) is 5.09. The highest BCUT2D eigenvalue weighted by atomic mass is 32.2. The first-order valence-electron chi connectivity index (χ1n) is 9.44. The minimum atomic E-state index is -0.147. The fourth-order valence-corrected chi connectivity index (χ4v) is 4.65. The monoisotopic (exact) mass is 394 g/mol. The van der Waals surface area contributed by atoms with Crippen molar-refractivity contribution in [3.8, 4) is 6.07 Å². The zero-order valence-electron chi connectivity index (χ0n) is 16.0. The molecule has 0 saturated heterocycles. The van der Waals surface area contributed by atoms with Crippen LogP contribution in [0.3, 0.4) is 0 Å². The maximum atomic E-state index is 12.7. The van der Waals surface area contributed by atoms with E-state index in [4.69, 9.17) is 0 Å². The molecule has 7 nitrogen and oxygen atoms in total. The predicted octanol–water partition coefficient (Wildman–Crippen LogP) is 3.87. The SMILES string of the molecule is Cc1c(C#N)c(NC(=O)CSc2nnc3ccccn23)n(C2CCCC2)c1C. The van der Waals surface area contributed by atoms with Gasteiger partial charge in [0.25, 0.3) is 0 Å². The normalized spacial score (nSPS) is 14.5. The van der Waals surface area contributed by atoms with Crippen molar-refractivity contribution in [2.45, 2.75) is 50.7 Å². The largest absolute Gasteiger partial charge is 0.327 e. The second-order valence-electron chi connectivity index (χ2n) is 7.10. The van der Waals surface area contributed by atoms with Gasteiger partial charge in [-0.25, -0.2) is 0 Å². The Morgan fingerprint density at radius 3 is 2.86 bits per heavy atom. The van der Waals surface area contributed by atoms with Gasteiger partial charge in [0, 0.05) is 17.9 Å². The minimum absolute atomic E-state index is 0.147. The van der Waals surface area contributed by atoms with Crippen molar-refractivity contribution >= 4 is 29.1 Å². The number of fused-ring (bicyclic) bond motifs is 1. The molecule has 0 radical (unpaired) electrons. The number of nitrogens with one attached hydrogen (secondary N) is 1. The third-order valence-electron chi connectivity index (χ3n) is 5.43. The molecule has 0 unspecified atom stereocenters. The first kappa shape index (κ1) is 18.6. The number of nitriles is 1. The average molecular weight is 395 g/mol. The number of anilines is 1. The zero-order valence-corrected chi connectivity index (χ0v) is 16.8. The molecular formula is C20H22N6OS. The van der Waals surface area contributed by atoms with Crippen molar-refractivity contribution in [2.24, 2.45) is 0 Å². The Hall–Kier alpha value is -2.79. The van der Waals surface area contributed by atoms with Gasteiger partial charge >= 0.3 is 0 Å². The molecular weight excluding hydrogens is 372 g/mol. The van der Waals surface area contributed by atoms with E-state index < -0.39 is 0 Å². The van der Waals surface area contributed by atoms with Crippen LogP contribution in [0.1, 0.15) is 48.5 Å². The van der Waals surface area contributed by atoms with Gasteiger partial charge in [0.2, 0.25) is 5.91 Å². The highest BCUT2D eigenvalue weighted by Crippen LogP contribution is 2.37. The molecule has 0 aromatic carbocycles. The summed E-state index contributed by atoms with van der Waals surface area (Å²) < 4.78 is 4.02. The van der Waals surface area contributed by atoms with E-state index in [9.17, 15) is 10.1 Å². The lowest BCUT2D eigenvalue weighted by Gasteiger charge is -2.19. The number of pyridine rings is 1. The van der Waals surface area contributed by atoms with Crippen LogP contribution < -0.4 is 5.32 Å². The number of amides is 1. The van der Waals surface area contributed by atoms with Crippen molar-refractivity contribution in [3.63, 3.8) is 0 Å². The molecule has 3 aromatic heterocycles. The molecule has 0 aliphatic heterocycles. The summed E-state index contributed by atoms with van der Waals surface area (Å²) in [4.78, 5) is 12.7. The fourth-order valence-electron chi connectivity index (χ4n) is 3.92. The van der Waals surface area contributed by atoms with Crippen molar-refractivity contribution in [1.29, 1.82) is 5.26 Å². The Balaban J connectivity index is 1.54. The molecule has 1 fully saturated rings. The molecule has 8 heteroatoms. The van der Waals surface area contributed by atoms with E-state index in [0.717, 1.165) is 29.7 Å². The highest BCUT2D eigenvalue weighted by molar-refractivity contribution is 7.99. The van der Waals surface area contributed by atoms with Gasteiger partial charge in [-0.2, -0.15) is 5.26 Å². The molecule has 0 spiro atoms. The Morgan fingerprint density at radius 1 is 1.32 bits per heavy atom. The lowest BCUT2D eigenvalue weighted by molar-refractivity contribution is -0.113. The van der Waals surface area contributed by atoms with Crippen LogP contribution in [0.25, 0.3) is 5.65 Å². The van der Waals surface area contributed by atoms with Crippen LogP contribution in [-0.2, 0) is 4.79 Å². The Bertz CT molecular complexity index is 1070. The van der Waals surface area contributed by atoms with Crippen molar-refractivity contribution in [2.75, 3.05) is 11.1 Å². The molecule has 144 valence electrons. The molecule has 3 aromatic rings. The average Bonchev–Trinajstić information content (AvgIpc) is 3.40. The van der Waals surface area contributed by atoms with Crippen molar-refractivity contribution in [1.82, 2.24) is 19.2 Å². The summed E-state index contributed by atoms with van der Waals surface area (Å²) in [5.74, 6) is 0.695. The van der Waals surface area contributed by atoms with Crippen LogP contribution in [0.4, 0.5) is 5.82 Å². The van der Waals surface area contributed by atoms with Gasteiger partial charge in [0.15, 0.2) is 10.8 Å². The first-order valence-corrected chi connectivity index (χ1v) is 10.4. The van der Waals surface area contributed by atoms with E-state index in [0.29, 0.717) is 22.6 Å². The summed E-state index contributed by atoms with van der Waals surface area (Å²) in [6, 6.07) is 8.30. The number of carbonyl (C=O) groups is 1. The molecule has 1 amide bonds. The summed E-state index contributed by atoms with van der Waals surface area (Å²) in [5.41, 5.74) is 3.32. The van der Waals surface area contributed by atoms with Gasteiger partial charge in [0.05, 0.1) is 11.3 Å². The van der Waals surface area contributed by atoms with Gasteiger partial charge in [-0.1, -0.05) is 30.7 Å². The van der Waals surface area contributed by atoms with Gasteiger partial charge in [0.1, 0.15) is 11.9 Å². The van der Waals surface area contributed by atoms with Crippen LogP contribution in [-0.4, -0.2) is 30.8 Å². The second-order valence-corrected chi connectivity index (χ2v) is 8.04.